The van der Waals surface area contributed by atoms with Crippen LogP contribution in [0.2, 0.25) is 0 Å². The third kappa shape index (κ3) is 4.19. The van der Waals surface area contributed by atoms with Crippen molar-refractivity contribution in [2.75, 3.05) is 13.7 Å². The molecular weight excluding hydrogens is 390 g/mol. The van der Waals surface area contributed by atoms with E-state index in [1.165, 1.54) is 4.68 Å². The summed E-state index contributed by atoms with van der Waals surface area (Å²) in [6.45, 7) is 2.91. The van der Waals surface area contributed by atoms with Gasteiger partial charge in [0.05, 0.1) is 17.7 Å². The number of carbonyl (C=O) groups excluding carboxylic acids is 1. The van der Waals surface area contributed by atoms with Gasteiger partial charge in [-0.2, -0.15) is 9.78 Å². The molecule has 0 bridgehead atoms. The Morgan fingerprint density at radius 3 is 2.26 bits per heavy atom. The van der Waals surface area contributed by atoms with Crippen molar-refractivity contribution in [3.63, 3.8) is 0 Å². The summed E-state index contributed by atoms with van der Waals surface area (Å²) in [6.07, 6.45) is 0. The lowest BCUT2D eigenvalue weighted by Gasteiger charge is -2.18. The first-order valence-electron chi connectivity index (χ1n) is 10.1. The number of rotatable bonds is 6. The van der Waals surface area contributed by atoms with Crippen molar-refractivity contribution in [2.24, 2.45) is 0 Å². The molecule has 0 radical (unpaired) electrons. The Hall–Kier alpha value is -3.93. The van der Waals surface area contributed by atoms with E-state index in [1.807, 2.05) is 37.3 Å². The number of hydrogen-bond acceptors (Lipinski definition) is 4. The topological polar surface area (TPSA) is 64.4 Å². The fourth-order valence-electron chi connectivity index (χ4n) is 3.48. The number of nitrogens with zero attached hydrogens (tertiary/aromatic N) is 3. The first-order valence-corrected chi connectivity index (χ1v) is 10.1. The summed E-state index contributed by atoms with van der Waals surface area (Å²) < 4.78 is 6.76. The number of hydrogen-bond donors (Lipinski definition) is 0. The molecule has 0 spiro atoms. The molecule has 4 aromatic rings. The number of fused-ring (bicyclic) bond motifs is 1. The van der Waals surface area contributed by atoms with Gasteiger partial charge in [0, 0.05) is 19.0 Å². The molecule has 0 aliphatic carbocycles. The molecule has 0 saturated carbocycles. The summed E-state index contributed by atoms with van der Waals surface area (Å²) >= 11 is 0. The van der Waals surface area contributed by atoms with Gasteiger partial charge in [-0.05, 0) is 42.8 Å². The Balaban J connectivity index is 1.78. The van der Waals surface area contributed by atoms with E-state index in [4.69, 9.17) is 4.74 Å². The van der Waals surface area contributed by atoms with Crippen LogP contribution in [0.15, 0.2) is 83.7 Å². The van der Waals surface area contributed by atoms with Crippen molar-refractivity contribution in [3.05, 3.63) is 100 Å². The van der Waals surface area contributed by atoms with Crippen LogP contribution in [0.5, 0.6) is 5.75 Å². The zero-order valence-corrected chi connectivity index (χ0v) is 17.5. The first kappa shape index (κ1) is 20.3. The molecule has 0 unspecified atom stereocenters. The zero-order valence-electron chi connectivity index (χ0n) is 17.5. The van der Waals surface area contributed by atoms with E-state index in [0.717, 1.165) is 5.56 Å². The predicted octanol–water partition coefficient (Wildman–Crippen LogP) is 4.06. The number of aromatic nitrogens is 2. The van der Waals surface area contributed by atoms with E-state index in [0.29, 0.717) is 35.4 Å². The fraction of sp³-hybridized carbons (Fsp3) is 0.160. The van der Waals surface area contributed by atoms with Crippen molar-refractivity contribution >= 4 is 16.7 Å². The first-order chi connectivity index (χ1) is 15.1. The average molecular weight is 413 g/mol. The SMILES string of the molecule is CCOc1ccc(-n2nc(C(=O)N(C)Cc3ccccc3)c3ccccc3c2=O)cc1. The van der Waals surface area contributed by atoms with Crippen LogP contribution in [-0.4, -0.2) is 34.2 Å². The molecule has 0 aliphatic heterocycles. The summed E-state index contributed by atoms with van der Waals surface area (Å²) in [4.78, 5) is 28.1. The van der Waals surface area contributed by atoms with Crippen LogP contribution in [0.1, 0.15) is 23.0 Å². The Morgan fingerprint density at radius 1 is 0.935 bits per heavy atom. The van der Waals surface area contributed by atoms with Crippen LogP contribution in [0.3, 0.4) is 0 Å². The van der Waals surface area contributed by atoms with Crippen molar-refractivity contribution in [1.29, 1.82) is 0 Å². The molecule has 156 valence electrons. The third-order valence-electron chi connectivity index (χ3n) is 5.01. The normalized spacial score (nSPS) is 10.8. The van der Waals surface area contributed by atoms with E-state index in [2.05, 4.69) is 5.10 Å². The maximum atomic E-state index is 13.3. The van der Waals surface area contributed by atoms with Gasteiger partial charge < -0.3 is 9.64 Å². The smallest absolute Gasteiger partial charge is 0.279 e. The maximum Gasteiger partial charge on any atom is 0.279 e. The van der Waals surface area contributed by atoms with Crippen LogP contribution < -0.4 is 10.3 Å². The largest absolute Gasteiger partial charge is 0.494 e. The lowest BCUT2D eigenvalue weighted by molar-refractivity contribution is 0.0779. The zero-order chi connectivity index (χ0) is 21.8. The summed E-state index contributed by atoms with van der Waals surface area (Å²) in [5, 5.41) is 5.47. The monoisotopic (exact) mass is 413 g/mol. The second kappa shape index (κ2) is 8.83. The van der Waals surface area contributed by atoms with Crippen molar-refractivity contribution in [1.82, 2.24) is 14.7 Å². The molecule has 31 heavy (non-hydrogen) atoms. The molecule has 1 heterocycles. The molecule has 0 atom stereocenters. The maximum absolute atomic E-state index is 13.3. The highest BCUT2D eigenvalue weighted by molar-refractivity contribution is 6.04. The summed E-state index contributed by atoms with van der Waals surface area (Å²) in [6, 6.07) is 23.9. The van der Waals surface area contributed by atoms with Gasteiger partial charge >= 0.3 is 0 Å². The highest BCUT2D eigenvalue weighted by Crippen LogP contribution is 2.19. The van der Waals surface area contributed by atoms with E-state index in [1.54, 1.807) is 60.5 Å². The average Bonchev–Trinajstić information content (AvgIpc) is 2.81. The number of carbonyl (C=O) groups is 1. The molecule has 1 aromatic heterocycles. The lowest BCUT2D eigenvalue weighted by atomic mass is 10.1. The number of ether oxygens (including phenoxy) is 1. The van der Waals surface area contributed by atoms with Gasteiger partial charge in [-0.25, -0.2) is 0 Å². The van der Waals surface area contributed by atoms with Crippen LogP contribution in [0.25, 0.3) is 16.5 Å². The number of benzene rings is 3. The fourth-order valence-corrected chi connectivity index (χ4v) is 3.48. The quantitative estimate of drug-likeness (QED) is 0.478. The van der Waals surface area contributed by atoms with Gasteiger partial charge in [0.25, 0.3) is 11.5 Å². The van der Waals surface area contributed by atoms with Crippen molar-refractivity contribution in [2.45, 2.75) is 13.5 Å². The third-order valence-corrected chi connectivity index (χ3v) is 5.01. The molecule has 1 amide bonds. The van der Waals surface area contributed by atoms with Gasteiger partial charge in [0.15, 0.2) is 5.69 Å². The van der Waals surface area contributed by atoms with Gasteiger partial charge in [-0.3, -0.25) is 9.59 Å². The number of amides is 1. The molecule has 3 aromatic carbocycles. The highest BCUT2D eigenvalue weighted by Gasteiger charge is 2.20. The van der Waals surface area contributed by atoms with E-state index in [-0.39, 0.29) is 17.2 Å². The standard InChI is InChI=1S/C25H23N3O3/c1-3-31-20-15-13-19(14-16-20)28-24(29)22-12-8-7-11-21(22)23(26-28)25(30)27(2)17-18-9-5-4-6-10-18/h4-16H,3,17H2,1-2H3. The molecule has 4 rings (SSSR count). The van der Waals surface area contributed by atoms with Gasteiger partial charge in [-0.15, -0.1) is 0 Å². The van der Waals surface area contributed by atoms with E-state index < -0.39 is 0 Å². The predicted molar refractivity (Wildman–Crippen MR) is 121 cm³/mol. The van der Waals surface area contributed by atoms with Crippen molar-refractivity contribution < 1.29 is 9.53 Å². The van der Waals surface area contributed by atoms with Crippen LogP contribution in [0, 0.1) is 0 Å². The van der Waals surface area contributed by atoms with Crippen LogP contribution in [0.4, 0.5) is 0 Å². The molecule has 0 aliphatic rings. The summed E-state index contributed by atoms with van der Waals surface area (Å²) in [5.41, 5.74) is 1.55. The van der Waals surface area contributed by atoms with Crippen molar-refractivity contribution in [3.8, 4) is 11.4 Å². The minimum Gasteiger partial charge on any atom is -0.494 e. The minimum atomic E-state index is -0.276. The summed E-state index contributed by atoms with van der Waals surface area (Å²) in [5.74, 6) is 0.457. The summed E-state index contributed by atoms with van der Waals surface area (Å²) in [7, 11) is 1.73. The molecule has 0 N–H and O–H groups in total. The molecule has 6 nitrogen and oxygen atoms in total. The molecule has 0 fully saturated rings. The van der Waals surface area contributed by atoms with Crippen LogP contribution >= 0.6 is 0 Å². The van der Waals surface area contributed by atoms with Crippen LogP contribution in [-0.2, 0) is 6.54 Å². The van der Waals surface area contributed by atoms with Gasteiger partial charge in [0.2, 0.25) is 0 Å². The lowest BCUT2D eigenvalue weighted by Crippen LogP contribution is -2.31. The molecular formula is C25H23N3O3. The Labute approximate surface area is 180 Å². The van der Waals surface area contributed by atoms with Gasteiger partial charge in [-0.1, -0.05) is 48.5 Å². The Bertz CT molecular complexity index is 1260. The second-order valence-electron chi connectivity index (χ2n) is 7.18. The second-order valence-corrected chi connectivity index (χ2v) is 7.18. The van der Waals surface area contributed by atoms with E-state index >= 15 is 0 Å². The van der Waals surface area contributed by atoms with E-state index in [9.17, 15) is 9.59 Å². The Morgan fingerprint density at radius 2 is 1.58 bits per heavy atom. The molecule has 0 saturated heterocycles. The minimum absolute atomic E-state index is 0.238. The highest BCUT2D eigenvalue weighted by atomic mass is 16.5. The Kier molecular flexibility index (Phi) is 5.80. The van der Waals surface area contributed by atoms with Gasteiger partial charge in [0.1, 0.15) is 5.75 Å². The molecule has 6 heteroatoms.